The maximum Gasteiger partial charge on any atom is 0.331 e. The number of hydrogen-bond acceptors (Lipinski definition) is 8. The van der Waals surface area contributed by atoms with Crippen LogP contribution in [0.5, 0.6) is 5.88 Å². The molecule has 1 heterocycles. The molecule has 1 aliphatic rings. The molecular weight excluding hydrogens is 388 g/mol. The van der Waals surface area contributed by atoms with Crippen molar-refractivity contribution in [1.29, 1.82) is 0 Å². The Labute approximate surface area is 178 Å². The van der Waals surface area contributed by atoms with Gasteiger partial charge in [-0.25, -0.2) is 14.8 Å². The van der Waals surface area contributed by atoms with E-state index in [4.69, 9.17) is 14.2 Å². The summed E-state index contributed by atoms with van der Waals surface area (Å²) in [5, 5.41) is 6.17. The molecule has 30 heavy (non-hydrogen) atoms. The summed E-state index contributed by atoms with van der Waals surface area (Å²) in [5.41, 5.74) is -1.03. The molecule has 1 aromatic heterocycles. The lowest BCUT2D eigenvalue weighted by molar-refractivity contribution is -0.148. The Bertz CT molecular complexity index is 703. The molecule has 0 atom stereocenters. The largest absolute Gasteiger partial charge is 0.473 e. The van der Waals surface area contributed by atoms with Crippen LogP contribution in [-0.2, 0) is 14.3 Å². The van der Waals surface area contributed by atoms with Crippen LogP contribution < -0.4 is 15.4 Å². The van der Waals surface area contributed by atoms with Crippen LogP contribution in [-0.4, -0.2) is 60.9 Å². The maximum absolute atomic E-state index is 12.9. The second-order valence-electron chi connectivity index (χ2n) is 7.46. The second kappa shape index (κ2) is 11.7. The smallest absolute Gasteiger partial charge is 0.331 e. The minimum atomic E-state index is -1.11. The molecule has 2 N–H and O–H groups in total. The van der Waals surface area contributed by atoms with Crippen molar-refractivity contribution in [2.75, 3.05) is 32.8 Å². The van der Waals surface area contributed by atoms with Crippen LogP contribution in [0, 0.1) is 0 Å². The Balaban J connectivity index is 2.22. The highest BCUT2D eigenvalue weighted by Crippen LogP contribution is 2.26. The highest BCUT2D eigenvalue weighted by molar-refractivity contribution is 5.96. The first-order valence-corrected chi connectivity index (χ1v) is 10.7. The van der Waals surface area contributed by atoms with Crippen molar-refractivity contribution in [1.82, 2.24) is 15.3 Å². The molecule has 0 spiro atoms. The number of ether oxygens (including phenoxy) is 3. The van der Waals surface area contributed by atoms with E-state index in [1.807, 2.05) is 13.8 Å². The molecule has 1 amide bonds. The van der Waals surface area contributed by atoms with E-state index >= 15 is 0 Å². The summed E-state index contributed by atoms with van der Waals surface area (Å²) in [6.45, 7) is 4.31. The normalized spacial score (nSPS) is 14.8. The van der Waals surface area contributed by atoms with Crippen LogP contribution in [0.1, 0.15) is 69.3 Å². The van der Waals surface area contributed by atoms with Gasteiger partial charge in [0.2, 0.25) is 0 Å². The van der Waals surface area contributed by atoms with Crippen molar-refractivity contribution in [3.8, 4) is 5.88 Å². The predicted molar refractivity (Wildman–Crippen MR) is 113 cm³/mol. The molecule has 0 unspecified atom stereocenters. The molecule has 0 bridgehead atoms. The summed E-state index contributed by atoms with van der Waals surface area (Å²) in [4.78, 5) is 33.9. The number of esters is 1. The molecule has 0 aromatic carbocycles. The predicted octanol–water partition coefficient (Wildman–Crippen LogP) is 2.71. The van der Waals surface area contributed by atoms with Crippen molar-refractivity contribution >= 4 is 17.7 Å². The third-order valence-corrected chi connectivity index (χ3v) is 5.58. The number of nitrogens with zero attached hydrogens (tertiary/aromatic N) is 2. The molecule has 1 aliphatic carbocycles. The third-order valence-electron chi connectivity index (χ3n) is 5.58. The van der Waals surface area contributed by atoms with Gasteiger partial charge in [-0.05, 0) is 25.7 Å². The van der Waals surface area contributed by atoms with Gasteiger partial charge in [0.1, 0.15) is 12.1 Å². The molecule has 0 radical (unpaired) electrons. The van der Waals surface area contributed by atoms with E-state index in [1.165, 1.54) is 32.6 Å². The number of rotatable bonds is 11. The van der Waals surface area contributed by atoms with Crippen molar-refractivity contribution < 1.29 is 23.8 Å². The lowest BCUT2D eigenvalue weighted by Crippen LogP contribution is -2.54. The van der Waals surface area contributed by atoms with Gasteiger partial charge in [-0.15, -0.1) is 0 Å². The number of carbonyl (C=O) groups excluding carboxylic acids is 2. The van der Waals surface area contributed by atoms with Crippen molar-refractivity contribution in [2.45, 2.75) is 70.4 Å². The first kappa shape index (κ1) is 23.9. The highest BCUT2D eigenvalue weighted by Gasteiger charge is 2.38. The summed E-state index contributed by atoms with van der Waals surface area (Å²) in [6, 6.07) is 0.310. The summed E-state index contributed by atoms with van der Waals surface area (Å²) >= 11 is 0. The third kappa shape index (κ3) is 6.04. The topological polar surface area (TPSA) is 112 Å². The summed E-state index contributed by atoms with van der Waals surface area (Å²) < 4.78 is 15.7. The minimum absolute atomic E-state index is 0.0757. The van der Waals surface area contributed by atoms with Gasteiger partial charge in [0.15, 0.2) is 11.5 Å². The monoisotopic (exact) mass is 422 g/mol. The highest BCUT2D eigenvalue weighted by atomic mass is 16.5. The maximum atomic E-state index is 12.9. The van der Waals surface area contributed by atoms with E-state index in [2.05, 4.69) is 20.6 Å². The summed E-state index contributed by atoms with van der Waals surface area (Å²) in [6.07, 6.45) is 7.92. The quantitative estimate of drug-likeness (QED) is 0.414. The van der Waals surface area contributed by atoms with E-state index in [0.29, 0.717) is 31.3 Å². The first-order valence-electron chi connectivity index (χ1n) is 10.7. The zero-order chi connectivity index (χ0) is 22.0. The van der Waals surface area contributed by atoms with Crippen LogP contribution in [0.2, 0.25) is 0 Å². The zero-order valence-corrected chi connectivity index (χ0v) is 18.5. The van der Waals surface area contributed by atoms with Crippen LogP contribution in [0.15, 0.2) is 6.20 Å². The van der Waals surface area contributed by atoms with Crippen LogP contribution in [0.25, 0.3) is 0 Å². The SMILES string of the molecule is CCC(CC)(NC(=O)c1cnc(NC2CCCCC2)c(OCCOC)n1)C(=O)OC. The van der Waals surface area contributed by atoms with Crippen LogP contribution in [0.4, 0.5) is 5.82 Å². The fourth-order valence-corrected chi connectivity index (χ4v) is 3.59. The van der Waals surface area contributed by atoms with E-state index in [9.17, 15) is 9.59 Å². The molecule has 0 aliphatic heterocycles. The van der Waals surface area contributed by atoms with Crippen LogP contribution >= 0.6 is 0 Å². The number of hydrogen-bond donors (Lipinski definition) is 2. The van der Waals surface area contributed by atoms with Gasteiger partial charge in [0.25, 0.3) is 11.8 Å². The van der Waals surface area contributed by atoms with E-state index in [0.717, 1.165) is 12.8 Å². The van der Waals surface area contributed by atoms with E-state index < -0.39 is 17.4 Å². The fourth-order valence-electron chi connectivity index (χ4n) is 3.59. The van der Waals surface area contributed by atoms with Gasteiger partial charge < -0.3 is 24.8 Å². The molecule has 2 rings (SSSR count). The van der Waals surface area contributed by atoms with Gasteiger partial charge in [-0.2, -0.15) is 0 Å². The molecule has 9 heteroatoms. The Morgan fingerprint density at radius 1 is 1.13 bits per heavy atom. The lowest BCUT2D eigenvalue weighted by atomic mass is 9.92. The number of aromatic nitrogens is 2. The van der Waals surface area contributed by atoms with E-state index in [-0.39, 0.29) is 18.2 Å². The number of nitrogens with one attached hydrogen (secondary N) is 2. The Hall–Kier alpha value is -2.42. The standard InChI is InChI=1S/C21H34N4O5/c1-5-21(6-2,20(27)29-4)25-18(26)16-14-22-17(19(24-16)30-13-12-28-3)23-15-10-8-7-9-11-15/h14-15H,5-13H2,1-4H3,(H,22,23)(H,25,26). The number of anilines is 1. The fraction of sp³-hybridized carbons (Fsp3) is 0.714. The Morgan fingerprint density at radius 3 is 2.43 bits per heavy atom. The Morgan fingerprint density at radius 2 is 1.83 bits per heavy atom. The van der Waals surface area contributed by atoms with Crippen molar-refractivity contribution in [2.24, 2.45) is 0 Å². The van der Waals surface area contributed by atoms with Gasteiger partial charge in [-0.3, -0.25) is 4.79 Å². The van der Waals surface area contributed by atoms with Gasteiger partial charge >= 0.3 is 5.97 Å². The Kier molecular flexibility index (Phi) is 9.29. The van der Waals surface area contributed by atoms with Crippen LogP contribution in [0.3, 0.4) is 0 Å². The van der Waals surface area contributed by atoms with Gasteiger partial charge in [0, 0.05) is 13.2 Å². The average molecular weight is 423 g/mol. The van der Waals surface area contributed by atoms with Gasteiger partial charge in [-0.1, -0.05) is 33.1 Å². The zero-order valence-electron chi connectivity index (χ0n) is 18.5. The van der Waals surface area contributed by atoms with Gasteiger partial charge in [0.05, 0.1) is 19.9 Å². The molecule has 0 saturated heterocycles. The molecular formula is C21H34N4O5. The minimum Gasteiger partial charge on any atom is -0.473 e. The average Bonchev–Trinajstić information content (AvgIpc) is 2.78. The lowest BCUT2D eigenvalue weighted by Gasteiger charge is -2.29. The second-order valence-corrected chi connectivity index (χ2v) is 7.46. The van der Waals surface area contributed by atoms with Crippen molar-refractivity contribution in [3.05, 3.63) is 11.9 Å². The number of amides is 1. The van der Waals surface area contributed by atoms with E-state index in [1.54, 1.807) is 7.11 Å². The first-order chi connectivity index (χ1) is 14.5. The molecule has 1 fully saturated rings. The number of carbonyl (C=O) groups is 2. The molecule has 1 aromatic rings. The summed E-state index contributed by atoms with van der Waals surface area (Å²) in [5.74, 6) is -0.222. The summed E-state index contributed by atoms with van der Waals surface area (Å²) in [7, 11) is 2.89. The molecule has 1 saturated carbocycles. The molecule has 9 nitrogen and oxygen atoms in total. The molecule has 168 valence electrons. The van der Waals surface area contributed by atoms with Crippen molar-refractivity contribution in [3.63, 3.8) is 0 Å². The number of methoxy groups -OCH3 is 2.